The van der Waals surface area contributed by atoms with Crippen molar-refractivity contribution in [1.82, 2.24) is 20.3 Å². The zero-order valence-electron chi connectivity index (χ0n) is 15.0. The van der Waals surface area contributed by atoms with Gasteiger partial charge in [0.15, 0.2) is 5.96 Å². The standard InChI is InChI=1S/C18H20N8OS/c19-16(20)26-18(27)25-9-12-2-1-3-13(8-12)14-10-23-17(24-11-14)22-5-4-15-21-6-7-28-15/h1-3,6-8,10-11H,4-5,9H2,(H,22,23,24)(H5,19,20,25,26,27). The van der Waals surface area contributed by atoms with Crippen molar-refractivity contribution in [2.75, 3.05) is 11.9 Å². The Morgan fingerprint density at radius 3 is 2.68 bits per heavy atom. The van der Waals surface area contributed by atoms with E-state index in [0.29, 0.717) is 12.5 Å². The fourth-order valence-electron chi connectivity index (χ4n) is 2.42. The summed E-state index contributed by atoms with van der Waals surface area (Å²) in [5.41, 5.74) is 13.1. The number of aromatic nitrogens is 3. The third-order valence-electron chi connectivity index (χ3n) is 3.69. The number of thiazole rings is 1. The molecule has 1 aromatic carbocycles. The van der Waals surface area contributed by atoms with E-state index >= 15 is 0 Å². The number of aliphatic imine (C=N–C) groups is 1. The van der Waals surface area contributed by atoms with Crippen molar-refractivity contribution in [3.63, 3.8) is 0 Å². The van der Waals surface area contributed by atoms with E-state index in [9.17, 15) is 4.79 Å². The molecular weight excluding hydrogens is 376 g/mol. The third-order valence-corrected chi connectivity index (χ3v) is 4.53. The number of nitrogens with zero attached hydrogens (tertiary/aromatic N) is 4. The van der Waals surface area contributed by atoms with Crippen LogP contribution in [-0.2, 0) is 13.0 Å². The van der Waals surface area contributed by atoms with Crippen molar-refractivity contribution in [2.24, 2.45) is 16.5 Å². The quantitative estimate of drug-likeness (QED) is 0.352. The molecule has 0 unspecified atom stereocenters. The highest BCUT2D eigenvalue weighted by molar-refractivity contribution is 7.09. The Hall–Kier alpha value is -3.53. The van der Waals surface area contributed by atoms with E-state index < -0.39 is 6.03 Å². The van der Waals surface area contributed by atoms with Crippen molar-refractivity contribution in [3.05, 3.63) is 58.8 Å². The number of anilines is 1. The largest absolute Gasteiger partial charge is 0.370 e. The first kappa shape index (κ1) is 19.2. The molecule has 144 valence electrons. The number of amides is 2. The van der Waals surface area contributed by atoms with Gasteiger partial charge in [-0.05, 0) is 17.2 Å². The van der Waals surface area contributed by atoms with E-state index in [-0.39, 0.29) is 5.96 Å². The van der Waals surface area contributed by atoms with E-state index in [4.69, 9.17) is 11.5 Å². The first-order valence-corrected chi connectivity index (χ1v) is 9.39. The highest BCUT2D eigenvalue weighted by Crippen LogP contribution is 2.19. The first-order valence-electron chi connectivity index (χ1n) is 8.51. The lowest BCUT2D eigenvalue weighted by Crippen LogP contribution is -2.28. The number of carbonyl (C=O) groups is 1. The Morgan fingerprint density at radius 1 is 1.14 bits per heavy atom. The van der Waals surface area contributed by atoms with Gasteiger partial charge in [0.25, 0.3) is 0 Å². The maximum absolute atomic E-state index is 11.5. The van der Waals surface area contributed by atoms with E-state index in [1.54, 1.807) is 29.9 Å². The van der Waals surface area contributed by atoms with Gasteiger partial charge in [-0.25, -0.2) is 19.7 Å². The monoisotopic (exact) mass is 396 g/mol. The number of urea groups is 1. The average Bonchev–Trinajstić information content (AvgIpc) is 3.20. The second-order valence-electron chi connectivity index (χ2n) is 5.79. The van der Waals surface area contributed by atoms with Gasteiger partial charge < -0.3 is 22.1 Å². The Bertz CT molecular complexity index is 936. The molecule has 0 radical (unpaired) electrons. The predicted octanol–water partition coefficient (Wildman–Crippen LogP) is 1.74. The van der Waals surface area contributed by atoms with Crippen LogP contribution >= 0.6 is 11.3 Å². The fraction of sp³-hybridized carbons (Fsp3) is 0.167. The Balaban J connectivity index is 1.57. The molecule has 3 aromatic rings. The van der Waals surface area contributed by atoms with Crippen LogP contribution in [0.5, 0.6) is 0 Å². The summed E-state index contributed by atoms with van der Waals surface area (Å²) in [4.78, 5) is 27.9. The molecule has 0 atom stereocenters. The topological polar surface area (TPSA) is 144 Å². The molecule has 0 bridgehead atoms. The molecule has 2 amide bonds. The van der Waals surface area contributed by atoms with Crippen LogP contribution in [0.1, 0.15) is 10.6 Å². The van der Waals surface area contributed by atoms with Gasteiger partial charge in [0.1, 0.15) is 0 Å². The number of carbonyl (C=O) groups excluding carboxylic acids is 1. The smallest absolute Gasteiger partial charge is 0.344 e. The number of nitrogens with two attached hydrogens (primary N) is 2. The summed E-state index contributed by atoms with van der Waals surface area (Å²) >= 11 is 1.63. The minimum atomic E-state index is -0.582. The van der Waals surface area contributed by atoms with Gasteiger partial charge in [-0.2, -0.15) is 4.99 Å². The van der Waals surface area contributed by atoms with Gasteiger partial charge in [0.2, 0.25) is 5.95 Å². The highest BCUT2D eigenvalue weighted by atomic mass is 32.1. The van der Waals surface area contributed by atoms with Crippen LogP contribution in [0.3, 0.4) is 0 Å². The Kier molecular flexibility index (Phi) is 6.47. The summed E-state index contributed by atoms with van der Waals surface area (Å²) < 4.78 is 0. The van der Waals surface area contributed by atoms with Gasteiger partial charge in [0, 0.05) is 49.0 Å². The van der Waals surface area contributed by atoms with Gasteiger partial charge >= 0.3 is 6.03 Å². The molecule has 2 heterocycles. The van der Waals surface area contributed by atoms with Crippen LogP contribution < -0.4 is 22.1 Å². The molecule has 28 heavy (non-hydrogen) atoms. The van der Waals surface area contributed by atoms with E-state index in [2.05, 4.69) is 30.6 Å². The van der Waals surface area contributed by atoms with Crippen molar-refractivity contribution in [1.29, 1.82) is 0 Å². The zero-order valence-corrected chi connectivity index (χ0v) is 15.8. The number of hydrogen-bond donors (Lipinski definition) is 4. The molecule has 0 aliphatic rings. The number of benzene rings is 1. The molecule has 0 saturated carbocycles. The third kappa shape index (κ3) is 5.74. The van der Waals surface area contributed by atoms with Gasteiger partial charge in [-0.1, -0.05) is 18.2 Å². The second kappa shape index (κ2) is 9.42. The fourth-order valence-corrected chi connectivity index (χ4v) is 3.04. The molecule has 0 aliphatic carbocycles. The molecule has 3 rings (SSSR count). The zero-order chi connectivity index (χ0) is 19.8. The molecule has 9 nitrogen and oxygen atoms in total. The lowest BCUT2D eigenvalue weighted by Gasteiger charge is -2.07. The number of rotatable bonds is 7. The second-order valence-corrected chi connectivity index (χ2v) is 6.77. The molecule has 0 saturated heterocycles. The van der Waals surface area contributed by atoms with Crippen LogP contribution in [0, 0.1) is 0 Å². The lowest BCUT2D eigenvalue weighted by molar-refractivity contribution is 0.249. The Labute approximate surface area is 166 Å². The van der Waals surface area contributed by atoms with Crippen LogP contribution in [0.15, 0.2) is 53.2 Å². The van der Waals surface area contributed by atoms with Crippen LogP contribution in [0.25, 0.3) is 11.1 Å². The molecule has 2 aromatic heterocycles. The van der Waals surface area contributed by atoms with E-state index in [0.717, 1.165) is 34.7 Å². The Morgan fingerprint density at radius 2 is 1.96 bits per heavy atom. The maximum atomic E-state index is 11.5. The van der Waals surface area contributed by atoms with Crippen LogP contribution in [0.2, 0.25) is 0 Å². The number of guanidine groups is 1. The summed E-state index contributed by atoms with van der Waals surface area (Å²) in [5.74, 6) is 0.296. The minimum absolute atomic E-state index is 0.274. The summed E-state index contributed by atoms with van der Waals surface area (Å²) in [6.45, 7) is 1.03. The van der Waals surface area contributed by atoms with Crippen molar-refractivity contribution in [3.8, 4) is 11.1 Å². The number of nitrogens with one attached hydrogen (secondary N) is 2. The molecular formula is C18H20N8OS. The number of hydrogen-bond acceptors (Lipinski definition) is 6. The summed E-state index contributed by atoms with van der Waals surface area (Å²) in [6, 6.07) is 7.12. The van der Waals surface area contributed by atoms with Crippen molar-refractivity contribution < 1.29 is 4.79 Å². The SMILES string of the molecule is NC(N)=NC(=O)NCc1cccc(-c2cnc(NCCc3nccs3)nc2)c1. The van der Waals surface area contributed by atoms with Crippen LogP contribution in [-0.4, -0.2) is 33.5 Å². The molecule has 0 fully saturated rings. The van der Waals surface area contributed by atoms with E-state index in [1.807, 2.05) is 29.6 Å². The molecule has 0 spiro atoms. The lowest BCUT2D eigenvalue weighted by atomic mass is 10.1. The van der Waals surface area contributed by atoms with Crippen molar-refractivity contribution in [2.45, 2.75) is 13.0 Å². The van der Waals surface area contributed by atoms with Crippen LogP contribution in [0.4, 0.5) is 10.7 Å². The summed E-state index contributed by atoms with van der Waals surface area (Å²) in [6.07, 6.45) is 6.15. The molecule has 0 aliphatic heterocycles. The normalized spacial score (nSPS) is 10.3. The minimum Gasteiger partial charge on any atom is -0.370 e. The summed E-state index contributed by atoms with van der Waals surface area (Å²) in [7, 11) is 0. The van der Waals surface area contributed by atoms with Gasteiger partial charge in [-0.15, -0.1) is 11.3 Å². The molecule has 6 N–H and O–H groups in total. The molecule has 10 heteroatoms. The highest BCUT2D eigenvalue weighted by Gasteiger charge is 2.04. The predicted molar refractivity (Wildman–Crippen MR) is 110 cm³/mol. The maximum Gasteiger partial charge on any atom is 0.344 e. The van der Waals surface area contributed by atoms with Gasteiger partial charge in [0.05, 0.1) is 5.01 Å². The van der Waals surface area contributed by atoms with E-state index in [1.165, 1.54) is 0 Å². The summed E-state index contributed by atoms with van der Waals surface area (Å²) in [5, 5.41) is 8.84. The average molecular weight is 396 g/mol. The van der Waals surface area contributed by atoms with Crippen molar-refractivity contribution >= 4 is 29.3 Å². The first-order chi connectivity index (χ1) is 13.6. The van der Waals surface area contributed by atoms with Gasteiger partial charge in [-0.3, -0.25) is 0 Å².